The fourth-order valence-corrected chi connectivity index (χ4v) is 7.46. The molecule has 246 valence electrons. The highest BCUT2D eigenvalue weighted by atomic mass is 32.2. The lowest BCUT2D eigenvalue weighted by Crippen LogP contribution is -2.44. The van der Waals surface area contributed by atoms with Crippen LogP contribution in [-0.4, -0.2) is 71.4 Å². The number of aryl methyl sites for hydroxylation is 1. The topological polar surface area (TPSA) is 141 Å². The third-order valence-corrected chi connectivity index (χ3v) is 9.79. The van der Waals surface area contributed by atoms with Crippen LogP contribution in [0.1, 0.15) is 29.3 Å². The minimum absolute atomic E-state index is 0.0738. The Morgan fingerprint density at radius 3 is 2.55 bits per heavy atom. The van der Waals surface area contributed by atoms with Crippen molar-refractivity contribution < 1.29 is 31.5 Å². The lowest BCUT2D eigenvalue weighted by Gasteiger charge is -2.34. The van der Waals surface area contributed by atoms with Crippen LogP contribution in [0.15, 0.2) is 59.1 Å². The van der Waals surface area contributed by atoms with Gasteiger partial charge >= 0.3 is 0 Å². The van der Waals surface area contributed by atoms with Crippen molar-refractivity contribution in [2.45, 2.75) is 37.5 Å². The number of methoxy groups -OCH3 is 1. The zero-order valence-corrected chi connectivity index (χ0v) is 27.5. The van der Waals surface area contributed by atoms with E-state index in [1.165, 1.54) is 30.7 Å². The maximum Gasteiger partial charge on any atom is 0.275 e. The predicted octanol–water partition coefficient (Wildman–Crippen LogP) is 5.04. The molecule has 0 radical (unpaired) electrons. The van der Waals surface area contributed by atoms with Crippen LogP contribution >= 0.6 is 11.3 Å². The number of amides is 1. The molecule has 0 spiro atoms. The number of carbonyl (C=O) groups excluding carboxylic acids is 1. The van der Waals surface area contributed by atoms with Crippen LogP contribution in [-0.2, 0) is 28.4 Å². The number of hydrogen-bond acceptors (Lipinski definition) is 10. The molecule has 5 aromatic rings. The molecule has 2 N–H and O–H groups in total. The molecular formula is C31H31F2N7O5S2. The van der Waals surface area contributed by atoms with Crippen LogP contribution in [0.2, 0.25) is 0 Å². The smallest absolute Gasteiger partial charge is 0.275 e. The normalized spacial score (nSPS) is 17.1. The van der Waals surface area contributed by atoms with Crippen molar-refractivity contribution in [3.8, 4) is 17.0 Å². The lowest BCUT2D eigenvalue weighted by atomic mass is 10.0. The summed E-state index contributed by atoms with van der Waals surface area (Å²) in [5, 5.41) is 10.5. The summed E-state index contributed by atoms with van der Waals surface area (Å²) in [6, 6.07) is 7.15. The number of halogens is 2. The Morgan fingerprint density at radius 2 is 1.83 bits per heavy atom. The standard InChI is InChI=1S/C31H31F2N7O5S2/c1-17-13-40(14-18(2)45-17)15-29-36-26(16-46-29)30(41)37-24-7-19(9-27-22(24)12-35-39(27)3)20-8-25(31(44-4)34-11-20)38-47(42,43)28-6-5-21(32)10-23(28)33/h5-12,16-18,38H,13-15H2,1-4H3,(H,37,41). The van der Waals surface area contributed by atoms with Gasteiger partial charge in [0.2, 0.25) is 5.88 Å². The first-order valence-electron chi connectivity index (χ1n) is 14.5. The van der Waals surface area contributed by atoms with E-state index < -0.39 is 32.5 Å². The molecular weight excluding hydrogens is 653 g/mol. The molecule has 1 amide bonds. The molecule has 4 heterocycles. The van der Waals surface area contributed by atoms with Gasteiger partial charge in [0.1, 0.15) is 32.9 Å². The van der Waals surface area contributed by atoms with Gasteiger partial charge in [-0.3, -0.25) is 19.1 Å². The van der Waals surface area contributed by atoms with E-state index in [4.69, 9.17) is 9.47 Å². The van der Waals surface area contributed by atoms with Gasteiger partial charge in [-0.25, -0.2) is 27.2 Å². The molecule has 1 saturated heterocycles. The van der Waals surface area contributed by atoms with Gasteiger partial charge in [-0.15, -0.1) is 11.3 Å². The highest BCUT2D eigenvalue weighted by molar-refractivity contribution is 7.92. The number of benzene rings is 2. The van der Waals surface area contributed by atoms with Gasteiger partial charge in [0.05, 0.1) is 43.3 Å². The number of ether oxygens (including phenoxy) is 2. The Bertz CT molecular complexity index is 2080. The molecule has 6 rings (SSSR count). The average Bonchev–Trinajstić information content (AvgIpc) is 3.63. The summed E-state index contributed by atoms with van der Waals surface area (Å²) in [4.78, 5) is 23.8. The Kier molecular flexibility index (Phi) is 8.93. The number of thiazole rings is 1. The van der Waals surface area contributed by atoms with E-state index in [2.05, 4.69) is 30.0 Å². The summed E-state index contributed by atoms with van der Waals surface area (Å²) in [5.41, 5.74) is 2.34. The van der Waals surface area contributed by atoms with Gasteiger partial charge in [-0.1, -0.05) is 0 Å². The fourth-order valence-electron chi connectivity index (χ4n) is 5.54. The number of nitrogens with zero attached hydrogens (tertiary/aromatic N) is 5. The van der Waals surface area contributed by atoms with E-state index in [1.807, 2.05) is 19.9 Å². The molecule has 2 aromatic carbocycles. The number of pyridine rings is 1. The summed E-state index contributed by atoms with van der Waals surface area (Å²) in [6.07, 6.45) is 3.33. The van der Waals surface area contributed by atoms with Gasteiger partial charge in [0, 0.05) is 48.7 Å². The molecule has 2 atom stereocenters. The molecule has 1 aliphatic heterocycles. The van der Waals surface area contributed by atoms with E-state index in [0.29, 0.717) is 40.3 Å². The van der Waals surface area contributed by atoms with Crippen LogP contribution in [0.3, 0.4) is 0 Å². The third kappa shape index (κ3) is 6.95. The van der Waals surface area contributed by atoms with Gasteiger partial charge in [-0.2, -0.15) is 5.10 Å². The maximum atomic E-state index is 14.4. The summed E-state index contributed by atoms with van der Waals surface area (Å²) >= 11 is 1.41. The highest BCUT2D eigenvalue weighted by Crippen LogP contribution is 2.35. The fraction of sp³-hybridized carbons (Fsp3) is 0.290. The van der Waals surface area contributed by atoms with E-state index in [0.717, 1.165) is 30.2 Å². The van der Waals surface area contributed by atoms with Crippen LogP contribution in [0.25, 0.3) is 22.0 Å². The molecule has 0 bridgehead atoms. The summed E-state index contributed by atoms with van der Waals surface area (Å²) in [7, 11) is -1.43. The molecule has 16 heteroatoms. The Hall–Kier alpha value is -4.51. The number of aromatic nitrogens is 4. The molecule has 1 fully saturated rings. The first-order chi connectivity index (χ1) is 22.4. The van der Waals surface area contributed by atoms with Crippen LogP contribution in [0.5, 0.6) is 5.88 Å². The first kappa shape index (κ1) is 32.4. The first-order valence-corrected chi connectivity index (χ1v) is 16.9. The largest absolute Gasteiger partial charge is 0.480 e. The lowest BCUT2D eigenvalue weighted by molar-refractivity contribution is -0.0705. The number of hydrogen-bond donors (Lipinski definition) is 2. The van der Waals surface area contributed by atoms with Crippen LogP contribution in [0.4, 0.5) is 20.2 Å². The Balaban J connectivity index is 1.29. The van der Waals surface area contributed by atoms with Crippen molar-refractivity contribution in [2.75, 3.05) is 30.2 Å². The van der Waals surface area contributed by atoms with E-state index in [9.17, 15) is 22.0 Å². The minimum atomic E-state index is -4.49. The van der Waals surface area contributed by atoms with Crippen molar-refractivity contribution in [3.05, 3.63) is 76.5 Å². The van der Waals surface area contributed by atoms with Gasteiger partial charge < -0.3 is 14.8 Å². The second kappa shape index (κ2) is 12.9. The van der Waals surface area contributed by atoms with Crippen molar-refractivity contribution in [1.82, 2.24) is 24.6 Å². The van der Waals surface area contributed by atoms with E-state index in [1.54, 1.807) is 29.4 Å². The number of nitrogens with one attached hydrogen (secondary N) is 2. The molecule has 47 heavy (non-hydrogen) atoms. The summed E-state index contributed by atoms with van der Waals surface area (Å²) in [5.74, 6) is -2.64. The Morgan fingerprint density at radius 1 is 1.09 bits per heavy atom. The van der Waals surface area contributed by atoms with E-state index in [-0.39, 0.29) is 29.5 Å². The zero-order chi connectivity index (χ0) is 33.5. The number of carbonyl (C=O) groups is 1. The molecule has 0 saturated carbocycles. The van der Waals surface area contributed by atoms with Crippen molar-refractivity contribution in [2.24, 2.45) is 7.05 Å². The number of anilines is 2. The highest BCUT2D eigenvalue weighted by Gasteiger charge is 2.25. The number of morpholine rings is 1. The summed E-state index contributed by atoms with van der Waals surface area (Å²) < 4.78 is 68.9. The maximum absolute atomic E-state index is 14.4. The van der Waals surface area contributed by atoms with Crippen molar-refractivity contribution in [1.29, 1.82) is 0 Å². The average molecular weight is 684 g/mol. The third-order valence-electron chi connectivity index (χ3n) is 7.56. The van der Waals surface area contributed by atoms with Gasteiger partial charge in [0.25, 0.3) is 15.9 Å². The minimum Gasteiger partial charge on any atom is -0.480 e. The zero-order valence-electron chi connectivity index (χ0n) is 25.8. The van der Waals surface area contributed by atoms with Crippen LogP contribution < -0.4 is 14.8 Å². The molecule has 12 nitrogen and oxygen atoms in total. The SMILES string of the molecule is COc1ncc(-c2cc(NC(=O)c3csc(CN4CC(C)OC(C)C4)n3)c3cnn(C)c3c2)cc1NS(=O)(=O)c1ccc(F)cc1F. The van der Waals surface area contributed by atoms with Crippen molar-refractivity contribution in [3.63, 3.8) is 0 Å². The number of fused-ring (bicyclic) bond motifs is 1. The summed E-state index contributed by atoms with van der Waals surface area (Å²) in [6.45, 7) is 6.25. The predicted molar refractivity (Wildman–Crippen MR) is 173 cm³/mol. The van der Waals surface area contributed by atoms with Gasteiger partial charge in [-0.05, 0) is 49.7 Å². The molecule has 0 aliphatic carbocycles. The second-order valence-corrected chi connectivity index (χ2v) is 13.8. The van der Waals surface area contributed by atoms with Crippen molar-refractivity contribution >= 4 is 49.5 Å². The molecule has 3 aromatic heterocycles. The number of rotatable bonds is 9. The van der Waals surface area contributed by atoms with Gasteiger partial charge in [0.15, 0.2) is 0 Å². The van der Waals surface area contributed by atoms with E-state index >= 15 is 0 Å². The van der Waals surface area contributed by atoms with Crippen LogP contribution in [0, 0.1) is 11.6 Å². The second-order valence-electron chi connectivity index (χ2n) is 11.2. The quantitative estimate of drug-likeness (QED) is 0.219. The Labute approximate surface area is 273 Å². The molecule has 2 unspecified atom stereocenters. The molecule has 1 aliphatic rings. The number of sulfonamides is 1. The monoisotopic (exact) mass is 683 g/mol.